The number of carbonyl (C=O) groups excluding carboxylic acids is 3. The topological polar surface area (TPSA) is 174 Å². The molecule has 390 valence electrons. The molecule has 6 aliphatic rings. The number of thiazole rings is 3. The number of aromatic nitrogens is 6. The summed E-state index contributed by atoms with van der Waals surface area (Å²) in [6, 6.07) is 6.42. The predicted molar refractivity (Wildman–Crippen MR) is 301 cm³/mol. The molecule has 9 heterocycles. The minimum absolute atomic E-state index is 0.0684. The van der Waals surface area contributed by atoms with Crippen molar-refractivity contribution in [2.24, 2.45) is 17.8 Å². The van der Waals surface area contributed by atoms with Crippen LogP contribution in [0.2, 0.25) is 0 Å². The Kier molecular flexibility index (Phi) is 17.2. The number of amides is 3. The van der Waals surface area contributed by atoms with Gasteiger partial charge in [-0.15, -0.1) is 34.0 Å². The molecule has 75 heavy (non-hydrogen) atoms. The number of anilines is 3. The van der Waals surface area contributed by atoms with Crippen LogP contribution in [0.4, 0.5) is 15.4 Å². The molecule has 0 bridgehead atoms. The summed E-state index contributed by atoms with van der Waals surface area (Å²) in [6.45, 7) is 14.0. The standard InChI is InChI=1S/3C19H22N4OS/c3*1-13(24)22-19-21-10-18(25-19)12-23-6-2-3-15(11-23)16-7-14-4-5-20-9-17(14)8-16/h3*4-5,8-10,15H,2-3,6-7,11-12H2,1H3,(H,21,22,24). The molecule has 3 aliphatic carbocycles. The largest absolute Gasteiger partial charge is 0.302 e. The molecule has 6 aromatic rings. The molecule has 3 aliphatic heterocycles. The lowest BCUT2D eigenvalue weighted by atomic mass is 9.89. The Morgan fingerprint density at radius 3 is 1.07 bits per heavy atom. The number of carbonyl (C=O) groups is 3. The second-order valence-corrected chi connectivity index (χ2v) is 23.9. The lowest BCUT2D eigenvalue weighted by Crippen LogP contribution is -2.35. The molecule has 6 aromatic heterocycles. The normalized spacial score (nSPS) is 20.2. The summed E-state index contributed by atoms with van der Waals surface area (Å²) in [5.74, 6) is 1.68. The number of likely N-dealkylation sites (tertiary alicyclic amines) is 3. The first-order valence-electron chi connectivity index (χ1n) is 26.3. The van der Waals surface area contributed by atoms with Crippen LogP contribution in [0.3, 0.4) is 0 Å². The lowest BCUT2D eigenvalue weighted by Gasteiger charge is -2.33. The monoisotopic (exact) mass is 1060 g/mol. The van der Waals surface area contributed by atoms with E-state index in [1.54, 1.807) is 50.7 Å². The molecule has 12 rings (SSSR count). The Bertz CT molecular complexity index is 2760. The average molecular weight is 1060 g/mol. The third-order valence-electron chi connectivity index (χ3n) is 14.8. The third-order valence-corrected chi connectivity index (χ3v) is 17.5. The number of pyridine rings is 3. The van der Waals surface area contributed by atoms with Crippen molar-refractivity contribution in [1.82, 2.24) is 44.6 Å². The quantitative estimate of drug-likeness (QED) is 0.106. The second-order valence-electron chi connectivity index (χ2n) is 20.6. The zero-order valence-corrected chi connectivity index (χ0v) is 45.5. The van der Waals surface area contributed by atoms with Crippen LogP contribution in [0, 0.1) is 17.8 Å². The summed E-state index contributed by atoms with van der Waals surface area (Å²) in [5.41, 5.74) is 12.7. The van der Waals surface area contributed by atoms with Gasteiger partial charge in [0.2, 0.25) is 17.7 Å². The van der Waals surface area contributed by atoms with E-state index in [-0.39, 0.29) is 17.7 Å². The van der Waals surface area contributed by atoms with Gasteiger partial charge in [0.25, 0.3) is 0 Å². The van der Waals surface area contributed by atoms with Crippen molar-refractivity contribution < 1.29 is 14.4 Å². The maximum absolute atomic E-state index is 11.1. The van der Waals surface area contributed by atoms with Gasteiger partial charge in [-0.3, -0.25) is 44.0 Å². The van der Waals surface area contributed by atoms with Gasteiger partial charge < -0.3 is 16.0 Å². The van der Waals surface area contributed by atoms with E-state index in [0.717, 1.165) is 78.2 Å². The van der Waals surface area contributed by atoms with E-state index in [0.29, 0.717) is 33.1 Å². The van der Waals surface area contributed by atoms with Crippen LogP contribution >= 0.6 is 34.0 Å². The van der Waals surface area contributed by atoms with Gasteiger partial charge in [-0.1, -0.05) is 34.9 Å². The fraction of sp³-hybridized carbons (Fsp3) is 0.421. The molecule has 3 fully saturated rings. The minimum atomic E-state index is -0.0684. The molecule has 0 aromatic carbocycles. The molecule has 3 amide bonds. The van der Waals surface area contributed by atoms with Gasteiger partial charge in [-0.2, -0.15) is 0 Å². The Labute approximate surface area is 451 Å². The zero-order chi connectivity index (χ0) is 51.7. The van der Waals surface area contributed by atoms with Crippen LogP contribution in [0.5, 0.6) is 0 Å². The Hall–Kier alpha value is -6.15. The first kappa shape index (κ1) is 52.3. The average Bonchev–Trinajstić information content (AvgIpc) is 4.28. The molecule has 0 saturated carbocycles. The van der Waals surface area contributed by atoms with Gasteiger partial charge in [0.15, 0.2) is 15.4 Å². The predicted octanol–water partition coefficient (Wildman–Crippen LogP) is 10.0. The van der Waals surface area contributed by atoms with Crippen LogP contribution in [-0.4, -0.2) is 102 Å². The summed E-state index contributed by atoms with van der Waals surface area (Å²) in [5, 5.41) is 10.4. The van der Waals surface area contributed by atoms with Crippen molar-refractivity contribution in [1.29, 1.82) is 0 Å². The van der Waals surface area contributed by atoms with E-state index >= 15 is 0 Å². The zero-order valence-electron chi connectivity index (χ0n) is 43.1. The molecule has 0 radical (unpaired) electrons. The molecule has 3 N–H and O–H groups in total. The van der Waals surface area contributed by atoms with Gasteiger partial charge in [0.1, 0.15) is 0 Å². The number of nitrogens with zero attached hydrogens (tertiary/aromatic N) is 9. The first-order chi connectivity index (χ1) is 36.5. The number of hydrogen-bond acceptors (Lipinski definition) is 15. The Morgan fingerprint density at radius 2 is 0.787 bits per heavy atom. The molecule has 15 nitrogen and oxygen atoms in total. The van der Waals surface area contributed by atoms with Crippen LogP contribution in [0.25, 0.3) is 18.2 Å². The van der Waals surface area contributed by atoms with E-state index in [1.165, 1.54) is 107 Å². The Balaban J connectivity index is 0.000000128. The summed E-state index contributed by atoms with van der Waals surface area (Å²) in [6.07, 6.45) is 35.0. The van der Waals surface area contributed by atoms with Gasteiger partial charge in [0, 0.05) is 130 Å². The molecular formula is C57H66N12O3S3. The maximum Gasteiger partial charge on any atom is 0.223 e. The highest BCUT2D eigenvalue weighted by Crippen LogP contribution is 2.37. The summed E-state index contributed by atoms with van der Waals surface area (Å²) < 4.78 is 0. The van der Waals surface area contributed by atoms with Crippen LogP contribution in [0.1, 0.15) is 107 Å². The number of hydrogen-bond donors (Lipinski definition) is 3. The smallest absolute Gasteiger partial charge is 0.223 e. The van der Waals surface area contributed by atoms with E-state index in [1.807, 2.05) is 55.8 Å². The van der Waals surface area contributed by atoms with Gasteiger partial charge in [0.05, 0.1) is 0 Å². The number of piperidine rings is 3. The number of fused-ring (bicyclic) bond motifs is 3. The number of rotatable bonds is 12. The van der Waals surface area contributed by atoms with E-state index in [2.05, 4.69) is 97.0 Å². The molecular weight excluding hydrogens is 997 g/mol. The van der Waals surface area contributed by atoms with Crippen molar-refractivity contribution in [2.45, 2.75) is 98.2 Å². The van der Waals surface area contributed by atoms with Crippen molar-refractivity contribution >= 4 is 85.4 Å². The van der Waals surface area contributed by atoms with Crippen LogP contribution in [-0.2, 0) is 53.3 Å². The van der Waals surface area contributed by atoms with Gasteiger partial charge >= 0.3 is 0 Å². The van der Waals surface area contributed by atoms with Crippen molar-refractivity contribution in [3.63, 3.8) is 0 Å². The fourth-order valence-corrected chi connectivity index (χ4v) is 14.0. The summed E-state index contributed by atoms with van der Waals surface area (Å²) >= 11 is 4.71. The lowest BCUT2D eigenvalue weighted by molar-refractivity contribution is -0.115. The van der Waals surface area contributed by atoms with E-state index in [4.69, 9.17) is 0 Å². The van der Waals surface area contributed by atoms with Crippen molar-refractivity contribution in [3.8, 4) is 0 Å². The molecule has 3 saturated heterocycles. The van der Waals surface area contributed by atoms with Crippen LogP contribution < -0.4 is 16.0 Å². The van der Waals surface area contributed by atoms with Gasteiger partial charge in [-0.25, -0.2) is 15.0 Å². The number of nitrogens with one attached hydrogen (secondary N) is 3. The van der Waals surface area contributed by atoms with Crippen LogP contribution in [0.15, 0.2) is 90.7 Å². The Morgan fingerprint density at radius 1 is 0.480 bits per heavy atom. The molecule has 3 unspecified atom stereocenters. The highest BCUT2D eigenvalue weighted by molar-refractivity contribution is 7.16. The second kappa shape index (κ2) is 24.7. The third kappa shape index (κ3) is 14.2. The van der Waals surface area contributed by atoms with Gasteiger partial charge in [-0.05, 0) is 147 Å². The van der Waals surface area contributed by atoms with Crippen molar-refractivity contribution in [3.05, 3.63) is 139 Å². The fourth-order valence-electron chi connectivity index (χ4n) is 11.3. The molecule has 0 spiro atoms. The highest BCUT2D eigenvalue weighted by atomic mass is 32.1. The molecule has 18 heteroatoms. The van der Waals surface area contributed by atoms with E-state index < -0.39 is 0 Å². The highest BCUT2D eigenvalue weighted by Gasteiger charge is 2.29. The first-order valence-corrected chi connectivity index (χ1v) is 28.7. The SMILES string of the molecule is CC(=O)Nc1ncc(CN2CCCC(C3=Cc4cnccc4C3)C2)s1.CC(=O)Nc1ncc(CN2CCCC(C3=Cc4cnccc4C3)C2)s1.CC(=O)Nc1ncc(CN2CCCC(C3=Cc4cnccc4C3)C2)s1. The summed E-state index contributed by atoms with van der Waals surface area (Å²) in [7, 11) is 0. The minimum Gasteiger partial charge on any atom is -0.302 e. The summed E-state index contributed by atoms with van der Waals surface area (Å²) in [4.78, 5) is 70.1. The molecule has 3 atom stereocenters. The van der Waals surface area contributed by atoms with E-state index in [9.17, 15) is 14.4 Å². The van der Waals surface area contributed by atoms with Crippen molar-refractivity contribution in [2.75, 3.05) is 55.2 Å². The maximum atomic E-state index is 11.1.